The highest BCUT2D eigenvalue weighted by atomic mass is 16.4. The standard InChI is InChI=1S/C13H15N3O5/c17-6-5-9(12(19)20)15-13(21)16-7-11(18)14-8-3-1-2-4-10(8)16/h1-4,9,17H,5-7H2,(H,14,18)(H,15,21)(H,19,20). The number of urea groups is 1. The van der Waals surface area contributed by atoms with Gasteiger partial charge in [-0.05, 0) is 12.1 Å². The molecule has 0 fully saturated rings. The lowest BCUT2D eigenvalue weighted by Gasteiger charge is -2.30. The summed E-state index contributed by atoms with van der Waals surface area (Å²) in [7, 11) is 0. The molecule has 112 valence electrons. The second-order valence-electron chi connectivity index (χ2n) is 4.50. The molecule has 3 amide bonds. The quantitative estimate of drug-likeness (QED) is 0.622. The minimum Gasteiger partial charge on any atom is -0.480 e. The van der Waals surface area contributed by atoms with Crippen LogP contribution in [0.25, 0.3) is 0 Å². The number of nitrogens with one attached hydrogen (secondary N) is 2. The second-order valence-corrected chi connectivity index (χ2v) is 4.50. The van der Waals surface area contributed by atoms with Gasteiger partial charge in [-0.2, -0.15) is 0 Å². The molecule has 1 aliphatic rings. The summed E-state index contributed by atoms with van der Waals surface area (Å²) in [5.74, 6) is -1.61. The molecule has 0 aromatic heterocycles. The van der Waals surface area contributed by atoms with Crippen molar-refractivity contribution < 1.29 is 24.6 Å². The van der Waals surface area contributed by atoms with Gasteiger partial charge in [-0.25, -0.2) is 9.59 Å². The first-order chi connectivity index (χ1) is 10.0. The minimum absolute atomic E-state index is 0.108. The Balaban J connectivity index is 2.19. The summed E-state index contributed by atoms with van der Waals surface area (Å²) in [6.45, 7) is -0.567. The summed E-state index contributed by atoms with van der Waals surface area (Å²) < 4.78 is 0. The van der Waals surface area contributed by atoms with E-state index in [2.05, 4.69) is 10.6 Å². The normalized spacial score (nSPS) is 14.9. The number of para-hydroxylation sites is 2. The van der Waals surface area contributed by atoms with Gasteiger partial charge in [-0.1, -0.05) is 12.1 Å². The third kappa shape index (κ3) is 3.29. The summed E-state index contributed by atoms with van der Waals surface area (Å²) in [6, 6.07) is 4.81. The largest absolute Gasteiger partial charge is 0.480 e. The van der Waals surface area contributed by atoms with Crippen molar-refractivity contribution in [1.82, 2.24) is 5.32 Å². The number of aliphatic carboxylic acids is 1. The van der Waals surface area contributed by atoms with E-state index in [1.54, 1.807) is 24.3 Å². The highest BCUT2D eigenvalue weighted by molar-refractivity contribution is 6.09. The molecule has 1 aromatic carbocycles. The molecule has 1 atom stereocenters. The zero-order valence-corrected chi connectivity index (χ0v) is 11.1. The Labute approximate surface area is 120 Å². The molecule has 0 bridgehead atoms. The van der Waals surface area contributed by atoms with Crippen LogP contribution >= 0.6 is 0 Å². The van der Waals surface area contributed by atoms with Crippen LogP contribution < -0.4 is 15.5 Å². The van der Waals surface area contributed by atoms with Crippen LogP contribution in [0.4, 0.5) is 16.2 Å². The van der Waals surface area contributed by atoms with E-state index in [0.29, 0.717) is 11.4 Å². The van der Waals surface area contributed by atoms with Gasteiger partial charge < -0.3 is 20.8 Å². The van der Waals surface area contributed by atoms with E-state index < -0.39 is 18.0 Å². The predicted molar refractivity (Wildman–Crippen MR) is 74.1 cm³/mol. The summed E-state index contributed by atoms with van der Waals surface area (Å²) in [4.78, 5) is 35.9. The second kappa shape index (κ2) is 6.23. The smallest absolute Gasteiger partial charge is 0.326 e. The maximum atomic E-state index is 12.2. The van der Waals surface area contributed by atoms with Crippen molar-refractivity contribution >= 4 is 29.3 Å². The zero-order chi connectivity index (χ0) is 15.4. The number of carbonyl (C=O) groups excluding carboxylic acids is 2. The molecule has 1 heterocycles. The van der Waals surface area contributed by atoms with E-state index in [-0.39, 0.29) is 25.5 Å². The Hall–Kier alpha value is -2.61. The fourth-order valence-electron chi connectivity index (χ4n) is 2.03. The number of rotatable bonds is 4. The Bertz CT molecular complexity index is 575. The average Bonchev–Trinajstić information content (AvgIpc) is 2.45. The average molecular weight is 293 g/mol. The van der Waals surface area contributed by atoms with Crippen LogP contribution in [-0.4, -0.2) is 47.3 Å². The van der Waals surface area contributed by atoms with E-state index in [1.807, 2.05) is 0 Å². The number of carboxylic acid groups (broad SMARTS) is 1. The van der Waals surface area contributed by atoms with Gasteiger partial charge in [0.05, 0.1) is 11.4 Å². The van der Waals surface area contributed by atoms with Crippen LogP contribution in [0, 0.1) is 0 Å². The Morgan fingerprint density at radius 1 is 1.38 bits per heavy atom. The number of carboxylic acids is 1. The van der Waals surface area contributed by atoms with Crippen LogP contribution in [0.15, 0.2) is 24.3 Å². The van der Waals surface area contributed by atoms with E-state index in [0.717, 1.165) is 0 Å². The first kappa shape index (κ1) is 14.8. The lowest BCUT2D eigenvalue weighted by Crippen LogP contribution is -2.52. The van der Waals surface area contributed by atoms with E-state index in [1.165, 1.54) is 4.90 Å². The highest BCUT2D eigenvalue weighted by Gasteiger charge is 2.29. The first-order valence-electron chi connectivity index (χ1n) is 6.33. The van der Waals surface area contributed by atoms with Crippen LogP contribution in [-0.2, 0) is 9.59 Å². The molecule has 0 saturated heterocycles. The van der Waals surface area contributed by atoms with E-state index in [4.69, 9.17) is 10.2 Å². The van der Waals surface area contributed by atoms with Gasteiger partial charge in [0, 0.05) is 13.0 Å². The van der Waals surface area contributed by atoms with Crippen molar-refractivity contribution in [2.45, 2.75) is 12.5 Å². The monoisotopic (exact) mass is 293 g/mol. The van der Waals surface area contributed by atoms with E-state index in [9.17, 15) is 14.4 Å². The van der Waals surface area contributed by atoms with Crippen molar-refractivity contribution in [1.29, 1.82) is 0 Å². The van der Waals surface area contributed by atoms with Crippen molar-refractivity contribution in [3.05, 3.63) is 24.3 Å². The predicted octanol–water partition coefficient (Wildman–Crippen LogP) is -0.00970. The van der Waals surface area contributed by atoms with Gasteiger partial charge in [-0.3, -0.25) is 9.69 Å². The molecule has 0 spiro atoms. The van der Waals surface area contributed by atoms with Crippen molar-refractivity contribution in [3.8, 4) is 0 Å². The van der Waals surface area contributed by atoms with Gasteiger partial charge in [0.1, 0.15) is 12.6 Å². The number of nitrogens with zero attached hydrogens (tertiary/aromatic N) is 1. The maximum absolute atomic E-state index is 12.2. The summed E-state index contributed by atoms with van der Waals surface area (Å²) >= 11 is 0. The van der Waals surface area contributed by atoms with Gasteiger partial charge in [0.2, 0.25) is 5.91 Å². The number of aliphatic hydroxyl groups excluding tert-OH is 1. The fourth-order valence-corrected chi connectivity index (χ4v) is 2.03. The number of anilines is 2. The molecule has 4 N–H and O–H groups in total. The summed E-state index contributed by atoms with van der Waals surface area (Å²) in [6.07, 6.45) is -0.108. The van der Waals surface area contributed by atoms with Crippen molar-refractivity contribution in [2.75, 3.05) is 23.4 Å². The van der Waals surface area contributed by atoms with Gasteiger partial charge in [0.25, 0.3) is 0 Å². The SMILES string of the molecule is O=C1CN(C(=O)NC(CCO)C(=O)O)c2ccccc2N1. The fraction of sp³-hybridized carbons (Fsp3) is 0.308. The molecule has 0 radical (unpaired) electrons. The number of hydrogen-bond acceptors (Lipinski definition) is 4. The van der Waals surface area contributed by atoms with Crippen LogP contribution in [0.5, 0.6) is 0 Å². The molecule has 1 aliphatic heterocycles. The molecule has 0 saturated carbocycles. The maximum Gasteiger partial charge on any atom is 0.326 e. The number of fused-ring (bicyclic) bond motifs is 1. The zero-order valence-electron chi connectivity index (χ0n) is 11.1. The Kier molecular flexibility index (Phi) is 4.39. The minimum atomic E-state index is -1.24. The lowest BCUT2D eigenvalue weighted by atomic mass is 10.2. The van der Waals surface area contributed by atoms with Crippen LogP contribution in [0.1, 0.15) is 6.42 Å². The molecule has 1 unspecified atom stereocenters. The first-order valence-corrected chi connectivity index (χ1v) is 6.33. The molecular formula is C13H15N3O5. The van der Waals surface area contributed by atoms with Gasteiger partial charge in [-0.15, -0.1) is 0 Å². The molecule has 8 heteroatoms. The van der Waals surface area contributed by atoms with Crippen LogP contribution in [0.3, 0.4) is 0 Å². The Morgan fingerprint density at radius 2 is 2.10 bits per heavy atom. The number of amides is 3. The van der Waals surface area contributed by atoms with Gasteiger partial charge >= 0.3 is 12.0 Å². The molecule has 8 nitrogen and oxygen atoms in total. The van der Waals surface area contributed by atoms with Crippen molar-refractivity contribution in [3.63, 3.8) is 0 Å². The number of benzene rings is 1. The van der Waals surface area contributed by atoms with Crippen LogP contribution in [0.2, 0.25) is 0 Å². The molecule has 0 aliphatic carbocycles. The lowest BCUT2D eigenvalue weighted by molar-refractivity contribution is -0.139. The Morgan fingerprint density at radius 3 is 2.76 bits per heavy atom. The molecule has 1 aromatic rings. The van der Waals surface area contributed by atoms with E-state index >= 15 is 0 Å². The number of aliphatic hydroxyl groups is 1. The molecule has 21 heavy (non-hydrogen) atoms. The third-order valence-electron chi connectivity index (χ3n) is 3.03. The highest BCUT2D eigenvalue weighted by Crippen LogP contribution is 2.28. The number of hydrogen-bond donors (Lipinski definition) is 4. The van der Waals surface area contributed by atoms with Crippen molar-refractivity contribution in [2.24, 2.45) is 0 Å². The third-order valence-corrected chi connectivity index (χ3v) is 3.03. The number of carbonyl (C=O) groups is 3. The topological polar surface area (TPSA) is 119 Å². The van der Waals surface area contributed by atoms with Gasteiger partial charge in [0.15, 0.2) is 0 Å². The molecule has 2 rings (SSSR count). The summed E-state index contributed by atoms with van der Waals surface area (Å²) in [5, 5.41) is 22.7. The molecular weight excluding hydrogens is 278 g/mol. The summed E-state index contributed by atoms with van der Waals surface area (Å²) in [5.41, 5.74) is 0.973.